The molecule has 0 saturated carbocycles. The molecule has 0 radical (unpaired) electrons. The van der Waals surface area contributed by atoms with E-state index in [9.17, 15) is 10.2 Å². The van der Waals surface area contributed by atoms with Crippen LogP contribution in [0, 0.1) is 0 Å². The predicted octanol–water partition coefficient (Wildman–Crippen LogP) is 4.64. The number of rotatable bonds is 3. The summed E-state index contributed by atoms with van der Waals surface area (Å²) in [5, 5.41) is 26.6. The van der Waals surface area contributed by atoms with Crippen molar-refractivity contribution in [2.24, 2.45) is 4.99 Å². The number of imidazole rings is 1. The number of benzene rings is 2. The molecule has 0 aliphatic carbocycles. The molecule has 2 heterocycles. The highest BCUT2D eigenvalue weighted by Gasteiger charge is 2.13. The third kappa shape index (κ3) is 2.99. The van der Waals surface area contributed by atoms with Crippen LogP contribution in [0.4, 0.5) is 5.69 Å². The van der Waals surface area contributed by atoms with Crippen LogP contribution < -0.4 is 0 Å². The van der Waals surface area contributed by atoms with Gasteiger partial charge in [-0.1, -0.05) is 0 Å². The SMILES string of the molecule is Oc1c(Br)cc(/C=N/c2ccc3[nH]c(-c4cn[nH]c4)nc3c2)c(O)c1Br. The number of nitrogens with zero attached hydrogens (tertiary/aromatic N) is 3. The van der Waals surface area contributed by atoms with Crippen LogP contribution in [0.1, 0.15) is 5.56 Å². The normalized spacial score (nSPS) is 11.6. The zero-order valence-corrected chi connectivity index (χ0v) is 16.2. The van der Waals surface area contributed by atoms with E-state index in [-0.39, 0.29) is 16.0 Å². The Balaban J connectivity index is 1.68. The number of halogens is 2. The second kappa shape index (κ2) is 6.58. The van der Waals surface area contributed by atoms with Gasteiger partial charge >= 0.3 is 0 Å². The van der Waals surface area contributed by atoms with Gasteiger partial charge in [0.25, 0.3) is 0 Å². The van der Waals surface area contributed by atoms with E-state index in [1.54, 1.807) is 18.5 Å². The van der Waals surface area contributed by atoms with E-state index in [1.165, 1.54) is 6.21 Å². The lowest BCUT2D eigenvalue weighted by molar-refractivity contribution is 0.442. The third-order valence-electron chi connectivity index (χ3n) is 3.79. The third-order valence-corrected chi connectivity index (χ3v) is 5.14. The molecular weight excluding hydrogens is 466 g/mol. The Kier molecular flexibility index (Phi) is 4.25. The molecule has 0 bridgehead atoms. The van der Waals surface area contributed by atoms with E-state index in [0.29, 0.717) is 15.7 Å². The van der Waals surface area contributed by atoms with E-state index in [1.807, 2.05) is 18.2 Å². The molecule has 7 nitrogen and oxygen atoms in total. The Hall–Kier alpha value is -2.65. The van der Waals surface area contributed by atoms with E-state index < -0.39 is 0 Å². The quantitative estimate of drug-likeness (QED) is 0.323. The van der Waals surface area contributed by atoms with Crippen LogP contribution >= 0.6 is 31.9 Å². The molecule has 26 heavy (non-hydrogen) atoms. The van der Waals surface area contributed by atoms with E-state index in [4.69, 9.17) is 0 Å². The van der Waals surface area contributed by atoms with Gasteiger partial charge in [0.05, 0.1) is 33.0 Å². The summed E-state index contributed by atoms with van der Waals surface area (Å²) in [6, 6.07) is 7.16. The topological polar surface area (TPSA) is 110 Å². The molecule has 0 saturated heterocycles. The van der Waals surface area contributed by atoms with E-state index in [2.05, 4.69) is 57.0 Å². The highest BCUT2D eigenvalue weighted by atomic mass is 79.9. The zero-order chi connectivity index (χ0) is 18.3. The van der Waals surface area contributed by atoms with Crippen molar-refractivity contribution < 1.29 is 10.2 Å². The lowest BCUT2D eigenvalue weighted by Crippen LogP contribution is -1.85. The maximum absolute atomic E-state index is 10.1. The lowest BCUT2D eigenvalue weighted by atomic mass is 10.2. The zero-order valence-electron chi connectivity index (χ0n) is 13.0. The molecule has 4 rings (SSSR count). The number of phenols is 2. The summed E-state index contributed by atoms with van der Waals surface area (Å²) in [5.41, 5.74) is 3.67. The Morgan fingerprint density at radius 2 is 1.96 bits per heavy atom. The largest absolute Gasteiger partial charge is 0.506 e. The maximum Gasteiger partial charge on any atom is 0.147 e. The van der Waals surface area contributed by atoms with Gasteiger partial charge in [0, 0.05) is 18.0 Å². The first kappa shape index (κ1) is 16.8. The lowest BCUT2D eigenvalue weighted by Gasteiger charge is -2.06. The summed E-state index contributed by atoms with van der Waals surface area (Å²) in [5.74, 6) is 0.570. The van der Waals surface area contributed by atoms with Gasteiger partial charge in [-0.15, -0.1) is 0 Å². The molecule has 0 amide bonds. The minimum Gasteiger partial charge on any atom is -0.506 e. The molecule has 0 fully saturated rings. The van der Waals surface area contributed by atoms with Crippen LogP contribution in [0.5, 0.6) is 11.5 Å². The van der Waals surface area contributed by atoms with Crippen molar-refractivity contribution in [3.8, 4) is 22.9 Å². The first-order valence-corrected chi connectivity index (χ1v) is 9.04. The van der Waals surface area contributed by atoms with Gasteiger partial charge in [0.2, 0.25) is 0 Å². The summed E-state index contributed by atoms with van der Waals surface area (Å²) in [6.45, 7) is 0. The minimum absolute atomic E-state index is 0.0654. The molecule has 0 atom stereocenters. The monoisotopic (exact) mass is 475 g/mol. The smallest absolute Gasteiger partial charge is 0.147 e. The molecule has 0 spiro atoms. The van der Waals surface area contributed by atoms with Gasteiger partial charge < -0.3 is 15.2 Å². The van der Waals surface area contributed by atoms with Crippen LogP contribution in [0.2, 0.25) is 0 Å². The minimum atomic E-state index is -0.0856. The number of aromatic amines is 2. The fourth-order valence-corrected chi connectivity index (χ4v) is 3.60. The molecule has 0 aliphatic rings. The van der Waals surface area contributed by atoms with Gasteiger partial charge in [0.1, 0.15) is 21.8 Å². The molecular formula is C17H11Br2N5O2. The van der Waals surface area contributed by atoms with Crippen molar-refractivity contribution in [3.05, 3.63) is 51.2 Å². The van der Waals surface area contributed by atoms with Gasteiger partial charge in [-0.3, -0.25) is 10.1 Å². The summed E-state index contributed by atoms with van der Waals surface area (Å²) in [7, 11) is 0. The van der Waals surface area contributed by atoms with Crippen molar-refractivity contribution in [1.29, 1.82) is 0 Å². The molecule has 4 aromatic rings. The summed E-state index contributed by atoms with van der Waals surface area (Å²) < 4.78 is 0.664. The summed E-state index contributed by atoms with van der Waals surface area (Å²) in [6.07, 6.45) is 4.98. The second-order valence-electron chi connectivity index (χ2n) is 5.49. The Labute approximate surface area is 164 Å². The highest BCUT2D eigenvalue weighted by molar-refractivity contribution is 9.11. The Morgan fingerprint density at radius 1 is 1.12 bits per heavy atom. The van der Waals surface area contributed by atoms with E-state index in [0.717, 1.165) is 22.4 Å². The molecule has 130 valence electrons. The number of aromatic nitrogens is 4. The number of phenolic OH excluding ortho intramolecular Hbond substituents is 2. The maximum atomic E-state index is 10.1. The number of aliphatic imine (C=N–C) groups is 1. The fourth-order valence-electron chi connectivity index (χ4n) is 2.45. The molecule has 2 aromatic carbocycles. The molecule has 0 unspecified atom stereocenters. The summed E-state index contributed by atoms with van der Waals surface area (Å²) >= 11 is 6.38. The van der Waals surface area contributed by atoms with Crippen molar-refractivity contribution in [2.75, 3.05) is 0 Å². The van der Waals surface area contributed by atoms with Crippen LogP contribution in [0.25, 0.3) is 22.4 Å². The van der Waals surface area contributed by atoms with Gasteiger partial charge in [-0.25, -0.2) is 4.98 Å². The number of aromatic hydroxyl groups is 2. The van der Waals surface area contributed by atoms with Crippen molar-refractivity contribution in [2.45, 2.75) is 0 Å². The van der Waals surface area contributed by atoms with Crippen molar-refractivity contribution in [3.63, 3.8) is 0 Å². The average molecular weight is 477 g/mol. The molecule has 4 N–H and O–H groups in total. The second-order valence-corrected chi connectivity index (χ2v) is 7.14. The van der Waals surface area contributed by atoms with Crippen molar-refractivity contribution >= 4 is 54.8 Å². The molecule has 9 heteroatoms. The van der Waals surface area contributed by atoms with Crippen LogP contribution in [0.3, 0.4) is 0 Å². The van der Waals surface area contributed by atoms with E-state index >= 15 is 0 Å². The van der Waals surface area contributed by atoms with Gasteiger partial charge in [0.15, 0.2) is 0 Å². The molecule has 0 aliphatic heterocycles. The first-order valence-electron chi connectivity index (χ1n) is 7.46. The number of hydrogen-bond acceptors (Lipinski definition) is 5. The average Bonchev–Trinajstić information content (AvgIpc) is 3.30. The van der Waals surface area contributed by atoms with Crippen LogP contribution in [-0.2, 0) is 0 Å². The first-order chi connectivity index (χ1) is 12.5. The van der Waals surface area contributed by atoms with Crippen LogP contribution in [0.15, 0.2) is 50.6 Å². The number of H-pyrrole nitrogens is 2. The Morgan fingerprint density at radius 3 is 2.73 bits per heavy atom. The van der Waals surface area contributed by atoms with Crippen molar-refractivity contribution in [1.82, 2.24) is 20.2 Å². The number of nitrogens with one attached hydrogen (secondary N) is 2. The molecule has 2 aromatic heterocycles. The Bertz CT molecular complexity index is 1140. The summed E-state index contributed by atoms with van der Waals surface area (Å²) in [4.78, 5) is 12.2. The number of hydrogen-bond donors (Lipinski definition) is 4. The standard InChI is InChI=1S/C17H11Br2N5O2/c18-11-3-8(15(25)14(19)16(11)26)5-20-10-1-2-12-13(4-10)24-17(23-12)9-6-21-22-7-9/h1-7,25-26H,(H,21,22)(H,23,24)/b20-5+. The predicted molar refractivity (Wildman–Crippen MR) is 106 cm³/mol. The fraction of sp³-hybridized carbons (Fsp3) is 0. The van der Waals surface area contributed by atoms with Gasteiger partial charge in [-0.05, 0) is 56.1 Å². The highest BCUT2D eigenvalue weighted by Crippen LogP contribution is 2.40. The number of fused-ring (bicyclic) bond motifs is 1. The van der Waals surface area contributed by atoms with Gasteiger partial charge in [-0.2, -0.15) is 5.10 Å². The van der Waals surface area contributed by atoms with Crippen LogP contribution in [-0.4, -0.2) is 36.6 Å².